The molecule has 3 N–H and O–H groups in total. The first-order valence-corrected chi connectivity index (χ1v) is 5.55. The molecule has 1 aromatic carbocycles. The maximum absolute atomic E-state index is 10.9. The van der Waals surface area contributed by atoms with E-state index in [4.69, 9.17) is 16.7 Å². The number of phenols is 2. The second-order valence-corrected chi connectivity index (χ2v) is 4.41. The molecular formula is C9H7ClN2O4S. The molecule has 6 nitrogen and oxygen atoms in total. The van der Waals surface area contributed by atoms with Crippen LogP contribution in [0, 0.1) is 0 Å². The molecule has 0 saturated heterocycles. The summed E-state index contributed by atoms with van der Waals surface area (Å²) in [5.74, 6) is -0.878. The van der Waals surface area contributed by atoms with Crippen LogP contribution in [0.5, 0.6) is 11.5 Å². The van der Waals surface area contributed by atoms with E-state index in [0.29, 0.717) is 10.9 Å². The van der Waals surface area contributed by atoms with Gasteiger partial charge in [-0.05, 0) is 11.5 Å². The minimum absolute atomic E-state index is 0.114. The van der Waals surface area contributed by atoms with Crippen molar-refractivity contribution in [2.24, 2.45) is 0 Å². The normalized spacial score (nSPS) is 10.7. The molecule has 8 heteroatoms. The van der Waals surface area contributed by atoms with Crippen LogP contribution in [0.25, 0.3) is 10.9 Å². The molecule has 0 atom stereocenters. The molecule has 0 bridgehead atoms. The highest BCUT2D eigenvalue weighted by Crippen LogP contribution is 2.44. The molecule has 0 fully saturated rings. The zero-order chi connectivity index (χ0) is 12.7. The van der Waals surface area contributed by atoms with Gasteiger partial charge in [0.2, 0.25) is 0 Å². The van der Waals surface area contributed by atoms with Crippen LogP contribution in [-0.2, 0) is 0 Å². The highest BCUT2D eigenvalue weighted by molar-refractivity contribution is 7.12. The van der Waals surface area contributed by atoms with E-state index in [1.165, 1.54) is 13.1 Å². The summed E-state index contributed by atoms with van der Waals surface area (Å²) in [5, 5.41) is 28.2. The summed E-state index contributed by atoms with van der Waals surface area (Å²) in [6.07, 6.45) is -1.17. The fourth-order valence-electron chi connectivity index (χ4n) is 1.34. The monoisotopic (exact) mass is 274 g/mol. The van der Waals surface area contributed by atoms with Gasteiger partial charge in [0.15, 0.2) is 11.5 Å². The first-order chi connectivity index (χ1) is 7.93. The molecule has 90 valence electrons. The molecule has 17 heavy (non-hydrogen) atoms. The summed E-state index contributed by atoms with van der Waals surface area (Å²) < 4.78 is 3.97. The molecule has 1 aromatic heterocycles. The largest absolute Gasteiger partial charge is 0.504 e. The van der Waals surface area contributed by atoms with Gasteiger partial charge in [-0.15, -0.1) is 0 Å². The van der Waals surface area contributed by atoms with Gasteiger partial charge in [-0.25, -0.2) is 4.79 Å². The molecular weight excluding hydrogens is 268 g/mol. The van der Waals surface area contributed by atoms with Crippen LogP contribution < -0.4 is 4.90 Å². The van der Waals surface area contributed by atoms with Crippen molar-refractivity contribution in [2.45, 2.75) is 0 Å². The van der Waals surface area contributed by atoms with Gasteiger partial charge in [0.1, 0.15) is 5.00 Å². The van der Waals surface area contributed by atoms with Crippen molar-refractivity contribution in [3.63, 3.8) is 0 Å². The smallest absolute Gasteiger partial charge is 0.412 e. The number of hydrogen-bond donors (Lipinski definition) is 3. The maximum Gasteiger partial charge on any atom is 0.412 e. The number of hydrogen-bond acceptors (Lipinski definition) is 5. The predicted octanol–water partition coefficient (Wildman–Crippen LogP) is 2.48. The number of aromatic nitrogens is 1. The molecule has 0 saturated carbocycles. The van der Waals surface area contributed by atoms with Gasteiger partial charge in [-0.2, -0.15) is 4.37 Å². The second kappa shape index (κ2) is 3.94. The Hall–Kier alpha value is -1.73. The number of carboxylic acid groups (broad SMARTS) is 1. The number of nitrogens with zero attached hydrogens (tertiary/aromatic N) is 2. The van der Waals surface area contributed by atoms with Crippen molar-refractivity contribution in [3.8, 4) is 11.5 Å². The van der Waals surface area contributed by atoms with Crippen LogP contribution in [-0.4, -0.2) is 32.8 Å². The fraction of sp³-hybridized carbons (Fsp3) is 0.111. The van der Waals surface area contributed by atoms with Crippen molar-refractivity contribution in [1.29, 1.82) is 0 Å². The van der Waals surface area contributed by atoms with Gasteiger partial charge in [-0.1, -0.05) is 11.6 Å². The minimum Gasteiger partial charge on any atom is -0.504 e. The Morgan fingerprint density at radius 2 is 2.18 bits per heavy atom. The van der Waals surface area contributed by atoms with E-state index in [0.717, 1.165) is 16.4 Å². The average Bonchev–Trinajstić information content (AvgIpc) is 2.68. The van der Waals surface area contributed by atoms with E-state index in [2.05, 4.69) is 4.37 Å². The van der Waals surface area contributed by atoms with Crippen molar-refractivity contribution >= 4 is 45.1 Å². The van der Waals surface area contributed by atoms with Crippen molar-refractivity contribution in [2.75, 3.05) is 11.9 Å². The predicted molar refractivity (Wildman–Crippen MR) is 64.4 cm³/mol. The highest BCUT2D eigenvalue weighted by Gasteiger charge is 2.21. The van der Waals surface area contributed by atoms with Crippen LogP contribution in [0.4, 0.5) is 9.80 Å². The lowest BCUT2D eigenvalue weighted by Crippen LogP contribution is -2.22. The van der Waals surface area contributed by atoms with Crippen molar-refractivity contribution in [1.82, 2.24) is 4.37 Å². The van der Waals surface area contributed by atoms with Gasteiger partial charge in [0, 0.05) is 13.1 Å². The Kier molecular flexibility index (Phi) is 2.72. The lowest BCUT2D eigenvalue weighted by Gasteiger charge is -2.11. The van der Waals surface area contributed by atoms with E-state index >= 15 is 0 Å². The quantitative estimate of drug-likeness (QED) is 0.695. The Bertz CT molecular complexity index is 613. The Balaban J connectivity index is 2.76. The topological polar surface area (TPSA) is 93.9 Å². The number of aromatic hydroxyl groups is 2. The number of fused-ring (bicyclic) bond motifs is 1. The summed E-state index contributed by atoms with van der Waals surface area (Å²) in [5.41, 5.74) is 0.332. The molecule has 0 aliphatic heterocycles. The number of halogens is 1. The van der Waals surface area contributed by atoms with Crippen LogP contribution >= 0.6 is 23.1 Å². The number of amides is 1. The van der Waals surface area contributed by atoms with Gasteiger partial charge >= 0.3 is 6.09 Å². The summed E-state index contributed by atoms with van der Waals surface area (Å²) >= 11 is 6.78. The number of rotatable bonds is 1. The van der Waals surface area contributed by atoms with Crippen LogP contribution in [0.1, 0.15) is 0 Å². The number of anilines is 1. The Labute approximate surface area is 104 Å². The van der Waals surface area contributed by atoms with E-state index in [1.807, 2.05) is 0 Å². The van der Waals surface area contributed by atoms with Crippen molar-refractivity contribution < 1.29 is 20.1 Å². The standard InChI is InChI=1S/C9H7ClN2O4S/c1-12(9(15)16)8-5-3(11-17-8)2-4(13)7(14)6(5)10/h2,13-14H,1H3,(H,15,16). The average molecular weight is 275 g/mol. The zero-order valence-electron chi connectivity index (χ0n) is 8.51. The molecule has 0 radical (unpaired) electrons. The van der Waals surface area contributed by atoms with Gasteiger partial charge in [0.25, 0.3) is 0 Å². The third-order valence-corrected chi connectivity index (χ3v) is 3.54. The first kappa shape index (κ1) is 11.7. The lowest BCUT2D eigenvalue weighted by molar-refractivity contribution is 0.203. The summed E-state index contributed by atoms with van der Waals surface area (Å²) in [6.45, 7) is 0. The van der Waals surface area contributed by atoms with Crippen molar-refractivity contribution in [3.05, 3.63) is 11.1 Å². The second-order valence-electron chi connectivity index (χ2n) is 3.28. The summed E-state index contributed by atoms with van der Waals surface area (Å²) in [6, 6.07) is 1.23. The Morgan fingerprint density at radius 1 is 1.53 bits per heavy atom. The summed E-state index contributed by atoms with van der Waals surface area (Å²) in [4.78, 5) is 11.8. The molecule has 1 amide bonds. The SMILES string of the molecule is CN(C(=O)O)c1snc2cc(O)c(O)c(Cl)c12. The number of phenolic OH excluding ortho intramolecular Hbond substituents is 2. The molecule has 0 unspecified atom stereocenters. The lowest BCUT2D eigenvalue weighted by atomic mass is 10.2. The first-order valence-electron chi connectivity index (χ1n) is 4.40. The molecule has 2 aromatic rings. The minimum atomic E-state index is -1.17. The van der Waals surface area contributed by atoms with E-state index in [9.17, 15) is 15.0 Å². The zero-order valence-corrected chi connectivity index (χ0v) is 10.1. The van der Waals surface area contributed by atoms with Crippen LogP contribution in [0.2, 0.25) is 5.02 Å². The molecule has 0 aliphatic carbocycles. The van der Waals surface area contributed by atoms with Gasteiger partial charge < -0.3 is 15.3 Å². The van der Waals surface area contributed by atoms with Gasteiger partial charge in [0.05, 0.1) is 15.9 Å². The number of carbonyl (C=O) groups is 1. The Morgan fingerprint density at radius 3 is 2.76 bits per heavy atom. The van der Waals surface area contributed by atoms with E-state index in [-0.39, 0.29) is 10.0 Å². The number of benzene rings is 1. The molecule has 1 heterocycles. The highest BCUT2D eigenvalue weighted by atomic mass is 35.5. The molecule has 2 rings (SSSR count). The molecule has 0 spiro atoms. The van der Waals surface area contributed by atoms with E-state index in [1.54, 1.807) is 0 Å². The third kappa shape index (κ3) is 1.73. The summed E-state index contributed by atoms with van der Waals surface area (Å²) in [7, 11) is 1.34. The third-order valence-electron chi connectivity index (χ3n) is 2.24. The maximum atomic E-state index is 10.9. The van der Waals surface area contributed by atoms with Gasteiger partial charge in [-0.3, -0.25) is 4.90 Å². The fourth-order valence-corrected chi connectivity index (χ4v) is 2.51. The molecule has 0 aliphatic rings. The van der Waals surface area contributed by atoms with E-state index < -0.39 is 17.6 Å². The van der Waals surface area contributed by atoms with Crippen LogP contribution in [0.15, 0.2) is 6.07 Å². The van der Waals surface area contributed by atoms with Crippen LogP contribution in [0.3, 0.4) is 0 Å².